The van der Waals surface area contributed by atoms with Crippen molar-refractivity contribution in [1.82, 2.24) is 0 Å². The molecule has 0 aliphatic carbocycles. The summed E-state index contributed by atoms with van der Waals surface area (Å²) in [6.45, 7) is 0. The van der Waals surface area contributed by atoms with E-state index < -0.39 is 17.6 Å². The van der Waals surface area contributed by atoms with Gasteiger partial charge >= 0.3 is 6.18 Å². The molecule has 21 heavy (non-hydrogen) atoms. The predicted molar refractivity (Wildman–Crippen MR) is 83.6 cm³/mol. The molecule has 0 atom stereocenters. The third-order valence-electron chi connectivity index (χ3n) is 2.63. The Labute approximate surface area is 137 Å². The zero-order valence-electron chi connectivity index (χ0n) is 10.3. The molecule has 0 unspecified atom stereocenters. The number of rotatable bonds is 2. The second kappa shape index (κ2) is 6.23. The van der Waals surface area contributed by atoms with Crippen LogP contribution in [0.2, 0.25) is 5.02 Å². The molecule has 0 fully saturated rings. The maximum Gasteiger partial charge on any atom is 0.416 e. The van der Waals surface area contributed by atoms with Crippen LogP contribution in [0, 0.1) is 3.57 Å². The number of amides is 1. The summed E-state index contributed by atoms with van der Waals surface area (Å²) >= 11 is 7.92. The van der Waals surface area contributed by atoms with Gasteiger partial charge in [0, 0.05) is 14.8 Å². The van der Waals surface area contributed by atoms with E-state index in [4.69, 9.17) is 11.6 Å². The number of alkyl halides is 3. The summed E-state index contributed by atoms with van der Waals surface area (Å²) in [6.07, 6.45) is -4.45. The molecule has 0 aromatic heterocycles. The van der Waals surface area contributed by atoms with Gasteiger partial charge in [-0.3, -0.25) is 4.79 Å². The smallest absolute Gasteiger partial charge is 0.322 e. The lowest BCUT2D eigenvalue weighted by Gasteiger charge is -2.10. The van der Waals surface area contributed by atoms with Crippen molar-refractivity contribution in [3.8, 4) is 0 Å². The van der Waals surface area contributed by atoms with Gasteiger partial charge in [-0.05, 0) is 59.0 Å². The Hall–Kier alpha value is -1.28. The van der Waals surface area contributed by atoms with Gasteiger partial charge in [-0.2, -0.15) is 13.2 Å². The van der Waals surface area contributed by atoms with Crippen molar-refractivity contribution < 1.29 is 18.0 Å². The van der Waals surface area contributed by atoms with Crippen molar-refractivity contribution in [1.29, 1.82) is 0 Å². The molecule has 2 nitrogen and oxygen atoms in total. The molecule has 1 amide bonds. The Kier molecular flexibility index (Phi) is 4.77. The molecule has 0 saturated carbocycles. The fourth-order valence-electron chi connectivity index (χ4n) is 1.61. The van der Waals surface area contributed by atoms with E-state index in [1.807, 2.05) is 22.6 Å². The molecular formula is C14H8ClF3INO. The van der Waals surface area contributed by atoms with E-state index in [-0.39, 0.29) is 11.3 Å². The first kappa shape index (κ1) is 16.1. The molecule has 2 aromatic rings. The average molecular weight is 426 g/mol. The van der Waals surface area contributed by atoms with Crippen LogP contribution in [0.5, 0.6) is 0 Å². The first-order valence-electron chi connectivity index (χ1n) is 5.71. The maximum atomic E-state index is 12.6. The monoisotopic (exact) mass is 425 g/mol. The molecule has 7 heteroatoms. The second-order valence-corrected chi connectivity index (χ2v) is 5.73. The molecule has 2 rings (SSSR count). The number of halogens is 5. The predicted octanol–water partition coefficient (Wildman–Crippen LogP) is 5.22. The van der Waals surface area contributed by atoms with Gasteiger partial charge in [0.2, 0.25) is 0 Å². The van der Waals surface area contributed by atoms with Crippen LogP contribution in [0.1, 0.15) is 15.9 Å². The van der Waals surface area contributed by atoms with Crippen LogP contribution in [-0.4, -0.2) is 5.91 Å². The minimum atomic E-state index is -4.45. The molecule has 0 spiro atoms. The quantitative estimate of drug-likeness (QED) is 0.657. The van der Waals surface area contributed by atoms with Crippen LogP contribution < -0.4 is 5.32 Å². The summed E-state index contributed by atoms with van der Waals surface area (Å²) in [5.41, 5.74) is -0.469. The van der Waals surface area contributed by atoms with Gasteiger partial charge in [0.25, 0.3) is 5.91 Å². The van der Waals surface area contributed by atoms with Gasteiger partial charge in [0.15, 0.2) is 0 Å². The van der Waals surface area contributed by atoms with Crippen LogP contribution >= 0.6 is 34.2 Å². The third-order valence-corrected chi connectivity index (χ3v) is 4.20. The van der Waals surface area contributed by atoms with Gasteiger partial charge < -0.3 is 5.32 Å². The Bertz CT molecular complexity index is 688. The summed E-state index contributed by atoms with van der Waals surface area (Å²) in [5.74, 6) is -0.521. The normalized spacial score (nSPS) is 11.3. The highest BCUT2D eigenvalue weighted by Gasteiger charge is 2.30. The number of benzene rings is 2. The van der Waals surface area contributed by atoms with Crippen LogP contribution in [0.25, 0.3) is 0 Å². The minimum Gasteiger partial charge on any atom is -0.322 e. The van der Waals surface area contributed by atoms with E-state index in [0.29, 0.717) is 5.02 Å². The largest absolute Gasteiger partial charge is 0.416 e. The summed E-state index contributed by atoms with van der Waals surface area (Å²) in [5, 5.41) is 2.83. The molecule has 0 bridgehead atoms. The van der Waals surface area contributed by atoms with E-state index in [9.17, 15) is 18.0 Å². The molecule has 1 N–H and O–H groups in total. The molecule has 2 aromatic carbocycles. The van der Waals surface area contributed by atoms with Crippen LogP contribution in [0.15, 0.2) is 42.5 Å². The number of nitrogens with one attached hydrogen (secondary N) is 1. The maximum absolute atomic E-state index is 12.6. The topological polar surface area (TPSA) is 29.1 Å². The van der Waals surface area contributed by atoms with E-state index in [0.717, 1.165) is 15.7 Å². The molecule has 0 saturated heterocycles. The average Bonchev–Trinajstić information content (AvgIpc) is 2.41. The number of carbonyl (C=O) groups is 1. The molecule has 0 aliphatic heterocycles. The summed E-state index contributed by atoms with van der Waals surface area (Å²) in [7, 11) is 0. The Morgan fingerprint density at radius 3 is 2.48 bits per heavy atom. The van der Waals surface area contributed by atoms with Crippen LogP contribution in [0.3, 0.4) is 0 Å². The van der Waals surface area contributed by atoms with Crippen LogP contribution in [0.4, 0.5) is 18.9 Å². The third kappa shape index (κ3) is 4.10. The molecule has 0 heterocycles. The van der Waals surface area contributed by atoms with E-state index in [1.165, 1.54) is 18.2 Å². The number of hydrogen-bond acceptors (Lipinski definition) is 1. The van der Waals surface area contributed by atoms with Gasteiger partial charge in [-0.25, -0.2) is 0 Å². The summed E-state index contributed by atoms with van der Waals surface area (Å²) < 4.78 is 38.6. The summed E-state index contributed by atoms with van der Waals surface area (Å²) in [4.78, 5) is 12.0. The highest BCUT2D eigenvalue weighted by molar-refractivity contribution is 14.1. The van der Waals surface area contributed by atoms with Crippen molar-refractivity contribution in [3.63, 3.8) is 0 Å². The molecule has 110 valence electrons. The van der Waals surface area contributed by atoms with Gasteiger partial charge in [0.1, 0.15) is 0 Å². The first-order chi connectivity index (χ1) is 9.77. The standard InChI is InChI=1S/C14H8ClF3INO/c15-11-6-8(4-5-12(11)19)13(21)20-10-3-1-2-9(7-10)14(16,17)18/h1-7H,(H,20,21). The van der Waals surface area contributed by atoms with Gasteiger partial charge in [0.05, 0.1) is 10.6 Å². The highest BCUT2D eigenvalue weighted by atomic mass is 127. The van der Waals surface area contributed by atoms with Gasteiger partial charge in [-0.1, -0.05) is 17.7 Å². The fourth-order valence-corrected chi connectivity index (χ4v) is 2.13. The van der Waals surface area contributed by atoms with Gasteiger partial charge in [-0.15, -0.1) is 0 Å². The van der Waals surface area contributed by atoms with Crippen molar-refractivity contribution in [2.45, 2.75) is 6.18 Å². The van der Waals surface area contributed by atoms with Crippen molar-refractivity contribution >= 4 is 45.8 Å². The lowest BCUT2D eigenvalue weighted by molar-refractivity contribution is -0.137. The zero-order chi connectivity index (χ0) is 15.6. The van der Waals surface area contributed by atoms with E-state index in [1.54, 1.807) is 12.1 Å². The number of hydrogen-bond donors (Lipinski definition) is 1. The SMILES string of the molecule is O=C(Nc1cccc(C(F)(F)F)c1)c1ccc(I)c(Cl)c1. The Morgan fingerprint density at radius 2 is 1.86 bits per heavy atom. The summed E-state index contributed by atoms with van der Waals surface area (Å²) in [6, 6.07) is 9.12. The van der Waals surface area contributed by atoms with Crippen molar-refractivity contribution in [2.75, 3.05) is 5.32 Å². The minimum absolute atomic E-state index is 0.0736. The Balaban J connectivity index is 2.21. The zero-order valence-corrected chi connectivity index (χ0v) is 13.3. The van der Waals surface area contributed by atoms with Crippen LogP contribution in [-0.2, 0) is 6.18 Å². The highest BCUT2D eigenvalue weighted by Crippen LogP contribution is 2.30. The first-order valence-corrected chi connectivity index (χ1v) is 7.17. The second-order valence-electron chi connectivity index (χ2n) is 4.16. The fraction of sp³-hybridized carbons (Fsp3) is 0.0714. The lowest BCUT2D eigenvalue weighted by atomic mass is 10.1. The molecule has 0 radical (unpaired) electrons. The van der Waals surface area contributed by atoms with Crippen molar-refractivity contribution in [3.05, 3.63) is 62.2 Å². The number of anilines is 1. The number of carbonyl (C=O) groups excluding carboxylic acids is 1. The molecular weight excluding hydrogens is 418 g/mol. The van der Waals surface area contributed by atoms with E-state index >= 15 is 0 Å². The van der Waals surface area contributed by atoms with Crippen molar-refractivity contribution in [2.24, 2.45) is 0 Å². The molecule has 0 aliphatic rings. The lowest BCUT2D eigenvalue weighted by Crippen LogP contribution is -2.13. The Morgan fingerprint density at radius 1 is 1.14 bits per heavy atom. The van der Waals surface area contributed by atoms with E-state index in [2.05, 4.69) is 5.32 Å².